The second kappa shape index (κ2) is 13.1. The second-order valence-electron chi connectivity index (χ2n) is 14.7. The van der Waals surface area contributed by atoms with E-state index in [4.69, 9.17) is 9.40 Å². The highest BCUT2D eigenvalue weighted by molar-refractivity contribution is 7.22. The van der Waals surface area contributed by atoms with Crippen molar-refractivity contribution in [2.45, 2.75) is 0 Å². The number of nitrogens with zero attached hydrogens (tertiary/aromatic N) is 3. The summed E-state index contributed by atoms with van der Waals surface area (Å²) in [5.41, 5.74) is 12.9. The lowest BCUT2D eigenvalue weighted by Gasteiger charge is -2.27. The molecule has 0 unspecified atom stereocenters. The number of rotatable bonds is 6. The molecule has 3 heterocycles. The molecule has 0 aliphatic rings. The van der Waals surface area contributed by atoms with E-state index in [0.717, 1.165) is 71.9 Å². The van der Waals surface area contributed by atoms with Gasteiger partial charge < -0.3 is 13.9 Å². The smallest absolute Gasteiger partial charge is 0.137 e. The zero-order chi connectivity index (χ0) is 38.2. The lowest BCUT2D eigenvalue weighted by atomic mass is 10.0. The Bertz CT molecular complexity index is 3510. The zero-order valence-corrected chi connectivity index (χ0v) is 32.0. The van der Waals surface area contributed by atoms with Gasteiger partial charge in [-0.05, 0) is 71.6 Å². The number of aromatic nitrogens is 2. The van der Waals surface area contributed by atoms with Gasteiger partial charge in [-0.15, -0.1) is 11.3 Å². The van der Waals surface area contributed by atoms with Gasteiger partial charge in [0.15, 0.2) is 0 Å². The normalized spacial score (nSPS) is 11.8. The van der Waals surface area contributed by atoms with Crippen LogP contribution in [-0.2, 0) is 0 Å². The lowest BCUT2D eigenvalue weighted by Crippen LogP contribution is -2.10. The Morgan fingerprint density at radius 1 is 0.500 bits per heavy atom. The van der Waals surface area contributed by atoms with Gasteiger partial charge in [0.25, 0.3) is 0 Å². The maximum absolute atomic E-state index is 6.52. The van der Waals surface area contributed by atoms with Crippen LogP contribution in [0.1, 0.15) is 0 Å². The van der Waals surface area contributed by atoms with Gasteiger partial charge in [0.05, 0.1) is 26.9 Å². The van der Waals surface area contributed by atoms with Crippen LogP contribution in [0.3, 0.4) is 0 Å². The summed E-state index contributed by atoms with van der Waals surface area (Å²) in [5, 5.41) is 8.01. The molecule has 0 spiro atoms. The minimum absolute atomic E-state index is 0.857. The van der Waals surface area contributed by atoms with Gasteiger partial charge in [-0.3, -0.25) is 0 Å². The van der Waals surface area contributed by atoms with E-state index < -0.39 is 0 Å². The Labute approximate surface area is 338 Å². The summed E-state index contributed by atoms with van der Waals surface area (Å²) in [7, 11) is 0. The summed E-state index contributed by atoms with van der Waals surface area (Å²) in [6.45, 7) is 0. The van der Waals surface area contributed by atoms with Crippen LogP contribution >= 0.6 is 11.3 Å². The molecule has 9 aromatic carbocycles. The highest BCUT2D eigenvalue weighted by atomic mass is 32.1. The molecule has 0 radical (unpaired) electrons. The van der Waals surface area contributed by atoms with E-state index >= 15 is 0 Å². The predicted molar refractivity (Wildman–Crippen MR) is 244 cm³/mol. The first-order valence-electron chi connectivity index (χ1n) is 19.5. The van der Waals surface area contributed by atoms with Crippen LogP contribution in [0, 0.1) is 0 Å². The molecule has 0 saturated carbocycles. The number of anilines is 3. The van der Waals surface area contributed by atoms with Gasteiger partial charge >= 0.3 is 0 Å². The first-order chi connectivity index (χ1) is 28.8. The van der Waals surface area contributed by atoms with Crippen molar-refractivity contribution in [3.63, 3.8) is 0 Å². The molecule has 58 heavy (non-hydrogen) atoms. The van der Waals surface area contributed by atoms with Crippen molar-refractivity contribution in [2.24, 2.45) is 0 Å². The summed E-state index contributed by atoms with van der Waals surface area (Å²) >= 11 is 1.75. The maximum atomic E-state index is 6.52. The third kappa shape index (κ3) is 5.11. The standard InChI is InChI=1S/C53H33N3OS/c1-3-14-35(15-4-1)53-54-45-23-13-22-41(52(45)58-53)34-26-28-38(29-27-34)55(39-30-31-43-42-20-10-12-25-48(42)57-49(43)33-39)47-32-36-16-7-8-19-40(36)51-50(47)44-21-9-11-24-46(44)56(51)37-17-5-2-6-18-37/h1-33H. The Morgan fingerprint density at radius 2 is 1.19 bits per heavy atom. The van der Waals surface area contributed by atoms with Crippen LogP contribution in [0.4, 0.5) is 17.1 Å². The van der Waals surface area contributed by atoms with Crippen LogP contribution in [-0.4, -0.2) is 9.55 Å². The SMILES string of the molecule is c1ccc(-c2nc3cccc(-c4ccc(N(c5ccc6c(c5)oc5ccccc56)c5cc6ccccc6c6c5c5ccccc5n6-c5ccccc5)cc4)c3s2)cc1. The van der Waals surface area contributed by atoms with Crippen LogP contribution in [0.15, 0.2) is 205 Å². The summed E-state index contributed by atoms with van der Waals surface area (Å²) in [6.07, 6.45) is 0. The van der Waals surface area contributed by atoms with Crippen molar-refractivity contribution in [3.8, 4) is 27.4 Å². The molecule has 3 aromatic heterocycles. The quantitative estimate of drug-likeness (QED) is 0.169. The average Bonchev–Trinajstić information content (AvgIpc) is 4.00. The van der Waals surface area contributed by atoms with E-state index in [9.17, 15) is 0 Å². The van der Waals surface area contributed by atoms with Crippen LogP contribution in [0.5, 0.6) is 0 Å². The van der Waals surface area contributed by atoms with Crippen molar-refractivity contribution >= 4 is 93.1 Å². The van der Waals surface area contributed by atoms with Gasteiger partial charge in [0.1, 0.15) is 16.2 Å². The third-order valence-corrected chi connectivity index (χ3v) is 12.5. The van der Waals surface area contributed by atoms with Gasteiger partial charge in [-0.1, -0.05) is 133 Å². The fourth-order valence-electron chi connectivity index (χ4n) is 8.79. The first kappa shape index (κ1) is 32.7. The molecule has 4 nitrogen and oxygen atoms in total. The minimum atomic E-state index is 0.857. The molecule has 12 aromatic rings. The summed E-state index contributed by atoms with van der Waals surface area (Å²) in [6, 6.07) is 71.5. The Hall–Kier alpha value is -7.47. The monoisotopic (exact) mass is 759 g/mol. The molecular weight excluding hydrogens is 727 g/mol. The van der Waals surface area contributed by atoms with Gasteiger partial charge in [0, 0.05) is 61.2 Å². The highest BCUT2D eigenvalue weighted by Crippen LogP contribution is 2.48. The number of thiazole rings is 1. The van der Waals surface area contributed by atoms with Crippen LogP contribution in [0.2, 0.25) is 0 Å². The third-order valence-electron chi connectivity index (χ3n) is 11.4. The number of benzene rings is 9. The molecule has 0 amide bonds. The molecule has 272 valence electrons. The topological polar surface area (TPSA) is 34.2 Å². The van der Waals surface area contributed by atoms with E-state index in [-0.39, 0.29) is 0 Å². The van der Waals surface area contributed by atoms with Crippen molar-refractivity contribution in [2.75, 3.05) is 4.90 Å². The number of hydrogen-bond acceptors (Lipinski definition) is 4. The van der Waals surface area contributed by atoms with E-state index in [2.05, 4.69) is 191 Å². The summed E-state index contributed by atoms with van der Waals surface area (Å²) in [5.74, 6) is 0. The van der Waals surface area contributed by atoms with Crippen molar-refractivity contribution in [1.29, 1.82) is 0 Å². The number of furan rings is 1. The van der Waals surface area contributed by atoms with E-state index in [1.165, 1.54) is 37.3 Å². The fraction of sp³-hybridized carbons (Fsp3) is 0. The molecule has 0 aliphatic heterocycles. The molecule has 0 atom stereocenters. The predicted octanol–water partition coefficient (Wildman–Crippen LogP) is 15.2. The maximum Gasteiger partial charge on any atom is 0.137 e. The van der Waals surface area contributed by atoms with E-state index in [1.54, 1.807) is 11.3 Å². The minimum Gasteiger partial charge on any atom is -0.456 e. The van der Waals surface area contributed by atoms with Crippen LogP contribution in [0.25, 0.3) is 92.1 Å². The Kier molecular flexibility index (Phi) is 7.37. The lowest BCUT2D eigenvalue weighted by molar-refractivity contribution is 0.669. The molecule has 12 rings (SSSR count). The Balaban J connectivity index is 1.11. The molecule has 0 aliphatic carbocycles. The van der Waals surface area contributed by atoms with Crippen molar-refractivity contribution in [1.82, 2.24) is 9.55 Å². The van der Waals surface area contributed by atoms with Gasteiger partial charge in [0.2, 0.25) is 0 Å². The Morgan fingerprint density at radius 3 is 2.03 bits per heavy atom. The highest BCUT2D eigenvalue weighted by Gasteiger charge is 2.24. The van der Waals surface area contributed by atoms with E-state index in [0.29, 0.717) is 0 Å². The molecule has 5 heteroatoms. The molecule has 0 bridgehead atoms. The molecule has 0 N–H and O–H groups in total. The zero-order valence-electron chi connectivity index (χ0n) is 31.2. The number of para-hydroxylation sites is 3. The molecule has 0 fully saturated rings. The summed E-state index contributed by atoms with van der Waals surface area (Å²) < 4.78 is 10.1. The first-order valence-corrected chi connectivity index (χ1v) is 20.4. The van der Waals surface area contributed by atoms with Gasteiger partial charge in [-0.2, -0.15) is 0 Å². The van der Waals surface area contributed by atoms with Crippen LogP contribution < -0.4 is 4.90 Å². The molecule has 0 saturated heterocycles. The van der Waals surface area contributed by atoms with Crippen molar-refractivity contribution < 1.29 is 4.42 Å². The average molecular weight is 760 g/mol. The number of fused-ring (bicyclic) bond motifs is 9. The van der Waals surface area contributed by atoms with E-state index in [1.807, 2.05) is 18.2 Å². The second-order valence-corrected chi connectivity index (χ2v) is 15.7. The summed E-state index contributed by atoms with van der Waals surface area (Å²) in [4.78, 5) is 7.45. The van der Waals surface area contributed by atoms with Gasteiger partial charge in [-0.25, -0.2) is 4.98 Å². The fourth-order valence-corrected chi connectivity index (χ4v) is 9.89. The molecular formula is C53H33N3OS. The number of hydrogen-bond donors (Lipinski definition) is 0. The van der Waals surface area contributed by atoms with Crippen molar-refractivity contribution in [3.05, 3.63) is 200 Å². The largest absolute Gasteiger partial charge is 0.456 e.